The maximum absolute atomic E-state index is 13.3. The number of benzene rings is 2. The molecule has 0 spiro atoms. The van der Waals surface area contributed by atoms with Crippen LogP contribution in [0, 0.1) is 6.92 Å². The molecule has 32 heavy (non-hydrogen) atoms. The van der Waals surface area contributed by atoms with Crippen LogP contribution in [0.2, 0.25) is 10.0 Å². The van der Waals surface area contributed by atoms with Gasteiger partial charge in [0.2, 0.25) is 11.8 Å². The van der Waals surface area contributed by atoms with E-state index in [-0.39, 0.29) is 18.4 Å². The molecular weight excluding hydrogens is 463 g/mol. The fourth-order valence-corrected chi connectivity index (χ4v) is 4.55. The average Bonchev–Trinajstić information content (AvgIpc) is 2.69. The van der Waals surface area contributed by atoms with Gasteiger partial charge in [-0.3, -0.25) is 9.59 Å². The molecule has 0 aliphatic carbocycles. The first-order valence-electron chi connectivity index (χ1n) is 10.7. The summed E-state index contributed by atoms with van der Waals surface area (Å²) in [7, 11) is 0. The van der Waals surface area contributed by atoms with Crippen molar-refractivity contribution in [3.8, 4) is 0 Å². The summed E-state index contributed by atoms with van der Waals surface area (Å²) in [5.41, 5.74) is 1.57. The van der Waals surface area contributed by atoms with Crippen molar-refractivity contribution in [3.63, 3.8) is 0 Å². The zero-order valence-corrected chi connectivity index (χ0v) is 21.7. The van der Waals surface area contributed by atoms with Gasteiger partial charge in [0.05, 0.1) is 0 Å². The molecule has 2 amide bonds. The predicted octanol–water partition coefficient (Wildman–Crippen LogP) is 6.51. The third kappa shape index (κ3) is 8.34. The number of carbonyl (C=O) groups is 2. The minimum atomic E-state index is -0.585. The molecule has 174 valence electrons. The largest absolute Gasteiger partial charge is 0.350 e. The van der Waals surface area contributed by atoms with E-state index in [4.69, 9.17) is 23.2 Å². The van der Waals surface area contributed by atoms with E-state index in [1.165, 1.54) is 5.56 Å². The van der Waals surface area contributed by atoms with Crippen LogP contribution in [0.1, 0.15) is 51.7 Å². The number of halogens is 2. The Kier molecular flexibility index (Phi) is 9.93. The van der Waals surface area contributed by atoms with E-state index in [0.29, 0.717) is 28.6 Å². The van der Waals surface area contributed by atoms with Crippen LogP contribution in [0.5, 0.6) is 0 Å². The Labute approximate surface area is 206 Å². The van der Waals surface area contributed by atoms with Crippen LogP contribution in [-0.4, -0.2) is 34.0 Å². The lowest BCUT2D eigenvalue weighted by molar-refractivity contribution is -0.141. The van der Waals surface area contributed by atoms with Gasteiger partial charge in [-0.1, -0.05) is 53.9 Å². The molecule has 0 aliphatic heterocycles. The highest BCUT2D eigenvalue weighted by Gasteiger charge is 2.30. The van der Waals surface area contributed by atoms with Crippen LogP contribution in [0.3, 0.4) is 0 Å². The Morgan fingerprint density at radius 3 is 2.31 bits per heavy atom. The van der Waals surface area contributed by atoms with Gasteiger partial charge in [-0.15, -0.1) is 11.8 Å². The van der Waals surface area contributed by atoms with Gasteiger partial charge in [-0.25, -0.2) is 0 Å². The number of carbonyl (C=O) groups excluding carboxylic acids is 2. The Hall–Kier alpha value is -1.69. The molecule has 2 aromatic rings. The monoisotopic (exact) mass is 494 g/mol. The predicted molar refractivity (Wildman–Crippen MR) is 136 cm³/mol. The molecule has 0 radical (unpaired) electrons. The number of hydrogen-bond acceptors (Lipinski definition) is 3. The Bertz CT molecular complexity index is 927. The van der Waals surface area contributed by atoms with Gasteiger partial charge in [0.25, 0.3) is 0 Å². The van der Waals surface area contributed by atoms with Crippen molar-refractivity contribution in [2.45, 2.75) is 70.5 Å². The summed E-state index contributed by atoms with van der Waals surface area (Å²) in [6, 6.07) is 12.9. The Balaban J connectivity index is 2.19. The number of hydrogen-bond donors (Lipinski definition) is 1. The van der Waals surface area contributed by atoms with E-state index >= 15 is 0 Å². The van der Waals surface area contributed by atoms with E-state index in [1.54, 1.807) is 34.9 Å². The number of nitrogens with one attached hydrogen (secondary N) is 1. The Morgan fingerprint density at radius 2 is 1.75 bits per heavy atom. The zero-order chi connectivity index (χ0) is 23.9. The molecule has 0 unspecified atom stereocenters. The van der Waals surface area contributed by atoms with Crippen LogP contribution in [0.15, 0.2) is 47.4 Å². The smallest absolute Gasteiger partial charge is 0.243 e. The lowest BCUT2D eigenvalue weighted by Crippen LogP contribution is -2.53. The van der Waals surface area contributed by atoms with Gasteiger partial charge >= 0.3 is 0 Å². The highest BCUT2D eigenvalue weighted by molar-refractivity contribution is 7.99. The molecular formula is C25H32Cl2N2O2S. The van der Waals surface area contributed by atoms with Gasteiger partial charge < -0.3 is 10.2 Å². The molecule has 4 nitrogen and oxygen atoms in total. The second-order valence-electron chi connectivity index (χ2n) is 8.83. The van der Waals surface area contributed by atoms with Gasteiger partial charge in [0, 0.05) is 39.2 Å². The van der Waals surface area contributed by atoms with E-state index in [2.05, 4.69) is 29.6 Å². The second-order valence-corrected chi connectivity index (χ2v) is 10.8. The van der Waals surface area contributed by atoms with Crippen LogP contribution >= 0.6 is 35.0 Å². The number of amides is 2. The molecule has 0 saturated heterocycles. The van der Waals surface area contributed by atoms with Gasteiger partial charge in [-0.2, -0.15) is 0 Å². The van der Waals surface area contributed by atoms with Crippen molar-refractivity contribution in [3.05, 3.63) is 63.6 Å². The van der Waals surface area contributed by atoms with Crippen LogP contribution < -0.4 is 5.32 Å². The molecule has 0 saturated carbocycles. The second kappa shape index (κ2) is 12.0. The highest BCUT2D eigenvalue weighted by atomic mass is 35.5. The minimum Gasteiger partial charge on any atom is -0.350 e. The molecule has 0 aliphatic rings. The summed E-state index contributed by atoms with van der Waals surface area (Å²) in [6.45, 7) is 10.00. The highest BCUT2D eigenvalue weighted by Crippen LogP contribution is 2.25. The van der Waals surface area contributed by atoms with Crippen LogP contribution in [0.4, 0.5) is 0 Å². The molecule has 7 heteroatoms. The average molecular weight is 496 g/mol. The summed E-state index contributed by atoms with van der Waals surface area (Å²) < 4.78 is 0. The van der Waals surface area contributed by atoms with Crippen molar-refractivity contribution in [2.75, 3.05) is 5.75 Å². The summed E-state index contributed by atoms with van der Waals surface area (Å²) in [6.07, 6.45) is 0.826. The van der Waals surface area contributed by atoms with E-state index in [0.717, 1.165) is 10.5 Å². The van der Waals surface area contributed by atoms with Crippen molar-refractivity contribution >= 4 is 46.8 Å². The normalized spacial score (nSPS) is 12.3. The van der Waals surface area contributed by atoms with Crippen molar-refractivity contribution < 1.29 is 9.59 Å². The molecule has 0 aromatic heterocycles. The fourth-order valence-electron chi connectivity index (χ4n) is 3.24. The number of rotatable bonds is 9. The molecule has 1 N–H and O–H groups in total. The quantitative estimate of drug-likeness (QED) is 0.404. The first-order chi connectivity index (χ1) is 15.0. The maximum Gasteiger partial charge on any atom is 0.243 e. The molecule has 1 atom stereocenters. The fraction of sp³-hybridized carbons (Fsp3) is 0.440. The summed E-state index contributed by atoms with van der Waals surface area (Å²) in [4.78, 5) is 29.1. The Morgan fingerprint density at radius 1 is 1.09 bits per heavy atom. The number of thioether (sulfide) groups is 1. The molecule has 2 rings (SSSR count). The van der Waals surface area contributed by atoms with Crippen LogP contribution in [0.25, 0.3) is 0 Å². The van der Waals surface area contributed by atoms with Crippen molar-refractivity contribution in [1.82, 2.24) is 10.2 Å². The summed E-state index contributed by atoms with van der Waals surface area (Å²) >= 11 is 14.0. The first kappa shape index (κ1) is 26.6. The third-order valence-electron chi connectivity index (χ3n) is 4.85. The summed E-state index contributed by atoms with van der Waals surface area (Å²) in [5.74, 6) is 0.389. The zero-order valence-electron chi connectivity index (χ0n) is 19.4. The standard InChI is InChI=1S/C25H32Cl2N2O2S/c1-6-22(24(31)28-25(3,4)5)29(16-18-9-10-19(26)15-21(18)27)23(30)13-14-32-20-11-7-17(2)8-12-20/h7-12,15,22H,6,13-14,16H2,1-5H3,(H,28,31)/t22-/m1/s1. The SMILES string of the molecule is CC[C@H](C(=O)NC(C)(C)C)N(Cc1ccc(Cl)cc1Cl)C(=O)CCSc1ccc(C)cc1. The molecule has 0 heterocycles. The van der Waals surface area contributed by atoms with Crippen LogP contribution in [-0.2, 0) is 16.1 Å². The third-order valence-corrected chi connectivity index (χ3v) is 6.45. The summed E-state index contributed by atoms with van der Waals surface area (Å²) in [5, 5.41) is 4.02. The van der Waals surface area contributed by atoms with Gasteiger partial charge in [0.1, 0.15) is 6.04 Å². The van der Waals surface area contributed by atoms with E-state index in [9.17, 15) is 9.59 Å². The van der Waals surface area contributed by atoms with E-state index < -0.39 is 11.6 Å². The molecule has 0 bridgehead atoms. The number of nitrogens with zero attached hydrogens (tertiary/aromatic N) is 1. The van der Waals surface area contributed by atoms with Gasteiger partial charge in [0.15, 0.2) is 0 Å². The van der Waals surface area contributed by atoms with Crippen molar-refractivity contribution in [1.29, 1.82) is 0 Å². The van der Waals surface area contributed by atoms with Crippen molar-refractivity contribution in [2.24, 2.45) is 0 Å². The van der Waals surface area contributed by atoms with E-state index in [1.807, 2.05) is 34.6 Å². The minimum absolute atomic E-state index is 0.0773. The lowest BCUT2D eigenvalue weighted by atomic mass is 10.1. The van der Waals surface area contributed by atoms with Gasteiger partial charge in [-0.05, 0) is 63.9 Å². The number of aryl methyl sites for hydroxylation is 1. The topological polar surface area (TPSA) is 49.4 Å². The maximum atomic E-state index is 13.3. The molecule has 0 fully saturated rings. The molecule has 2 aromatic carbocycles. The first-order valence-corrected chi connectivity index (χ1v) is 12.5. The lowest BCUT2D eigenvalue weighted by Gasteiger charge is -2.33.